The summed E-state index contributed by atoms with van der Waals surface area (Å²) >= 11 is 15.4. The van der Waals surface area contributed by atoms with Crippen LogP contribution in [-0.2, 0) is 34.4 Å². The number of aliphatic hydroxyl groups is 3. The van der Waals surface area contributed by atoms with Gasteiger partial charge in [-0.1, -0.05) is 81.6 Å². The second kappa shape index (κ2) is 47.7. The Hall–Kier alpha value is -2.58. The summed E-state index contributed by atoms with van der Waals surface area (Å²) in [7, 11) is -8.38. The number of sulfonamides is 2. The molecule has 8 rings (SSSR count). The molecule has 0 amide bonds. The third-order valence-corrected chi connectivity index (χ3v) is 263. The molecule has 0 spiro atoms. The van der Waals surface area contributed by atoms with Gasteiger partial charge in [0.1, 0.15) is 38.9 Å². The van der Waals surface area contributed by atoms with Crippen molar-refractivity contribution >= 4 is 197 Å². The molecule has 7 N–H and O–H groups in total. The second-order valence-electron chi connectivity index (χ2n) is 17.5. The summed E-state index contributed by atoms with van der Waals surface area (Å²) in [5.41, 5.74) is 6.25. The summed E-state index contributed by atoms with van der Waals surface area (Å²) in [6.07, 6.45) is -3.63. The topological polar surface area (TPSA) is 344 Å². The number of nitrogens with zero attached hydrogens (tertiary/aromatic N) is 3. The smallest absolute Gasteiger partial charge is 0.387 e. The number of alkyl halides is 8. The maximum atomic E-state index is 12.5. The van der Waals surface area contributed by atoms with Gasteiger partial charge in [0.25, 0.3) is 20.0 Å². The fourth-order valence-electron chi connectivity index (χ4n) is 7.26. The summed E-state index contributed by atoms with van der Waals surface area (Å²) in [4.78, 5) is 43.7. The van der Waals surface area contributed by atoms with Gasteiger partial charge in [-0.15, -0.1) is 8.80 Å². The van der Waals surface area contributed by atoms with E-state index in [1.54, 1.807) is 43.3 Å². The zero-order chi connectivity index (χ0) is 72.0. The average molecular weight is 2450 g/mol. The Morgan fingerprint density at radius 2 is 1.01 bits per heavy atom. The van der Waals surface area contributed by atoms with Crippen molar-refractivity contribution in [3.8, 4) is 23.0 Å². The number of amidine groups is 2. The van der Waals surface area contributed by atoms with Crippen LogP contribution in [-0.4, -0.2) is 113 Å². The number of fused-ring (bicyclic) bond motifs is 2. The van der Waals surface area contributed by atoms with Gasteiger partial charge in [0.2, 0.25) is 12.4 Å². The molecule has 6 aromatic carbocycles. The zero-order valence-electron chi connectivity index (χ0n) is 48.1. The average Bonchev–Trinajstić information content (AvgIpc) is 0.784. The number of carbonyl (C=O) groups excluding carboxylic acids is 3. The van der Waals surface area contributed by atoms with Gasteiger partial charge in [-0.05, 0) is 125 Å². The van der Waals surface area contributed by atoms with Crippen molar-refractivity contribution < 1.29 is 124 Å². The number of ketones is 1. The maximum Gasteiger partial charge on any atom is 0.387 e. The number of carbonyl (C=O) groups is 3. The van der Waals surface area contributed by atoms with E-state index in [0.29, 0.717) is 28.8 Å². The number of esters is 1. The molecule has 0 aromatic heterocycles. The number of nitro groups is 1. The first-order valence-corrected chi connectivity index (χ1v) is 68.6. The van der Waals surface area contributed by atoms with E-state index in [4.69, 9.17) is 10.5 Å². The molecule has 23 nitrogen and oxygen atoms in total. The number of hydrogen-bond acceptors (Lipinski definition) is 20. The molecule has 0 radical (unpaired) electrons. The van der Waals surface area contributed by atoms with E-state index < -0.39 is 88.0 Å². The molecule has 98 heavy (non-hydrogen) atoms. The number of nitrogens with one attached hydrogen (secondary N) is 2. The minimum atomic E-state index is -4.04. The Bertz CT molecular complexity index is 3860. The first kappa shape index (κ1) is 93.4. The number of hydrogen-bond donors (Lipinski definition) is 6. The van der Waals surface area contributed by atoms with Crippen molar-refractivity contribution in [3.63, 3.8) is 0 Å². The van der Waals surface area contributed by atoms with Crippen molar-refractivity contribution in [2.24, 2.45) is 14.5 Å². The number of rotatable bonds is 23. The number of anilines is 2. The fraction of sp³-hybridized carbons (Fsp3) is 0.268. The van der Waals surface area contributed by atoms with Gasteiger partial charge in [-0.3, -0.25) is 19.7 Å². The maximum absolute atomic E-state index is 12.5. The number of para-hydroxylation sites is 4. The Morgan fingerprint density at radius 1 is 0.633 bits per heavy atom. The van der Waals surface area contributed by atoms with E-state index in [0.717, 1.165) is 3.57 Å². The van der Waals surface area contributed by atoms with Crippen LogP contribution in [0.4, 0.5) is 46.5 Å². The molecular formula is C56H58F8I9N6O17S2-. The van der Waals surface area contributed by atoms with Gasteiger partial charge in [0.15, 0.2) is 17.9 Å². The van der Waals surface area contributed by atoms with Crippen LogP contribution < -0.4 is 48.6 Å². The number of aldehydes is 1. The van der Waals surface area contributed by atoms with Crippen LogP contribution in [0.3, 0.4) is 0 Å². The van der Waals surface area contributed by atoms with Gasteiger partial charge < -0.3 is 55.4 Å². The predicted octanol–water partition coefficient (Wildman–Crippen LogP) is 13.4. The standard InChI is InChI=1S/C18H15F2IN2O5S.C10H9IN2O4S.C9H9F2NO4.C9H11F2NO2.C8H6F2O2.2CH4.I7/c19-18(20)28-15-4-2-1-3-11(15)13(24)7-8-14(25)17-22-12-6-5-10(21)9-16(12)29(26,27)23-17;1-2-17-10(14)9-12-7-4-3-6(11)5-8(7)18(15,16)13-9;10-9(11)16-8-4-2-1-3-6(8)7(13)5-12(14)15;10-9(11)14-8-4-2-1-3-6(8)7(13)5-12;9-8(10)12-7-4-2-1-3-6(7)5-11;;;1-5-7(4)6(2)3/h1-6,9,13,18,24H,7-8H2,(H,22,23);3-5H,2H2,1H3,(H,12,13);1-4,7,9,13H,5H2;1-4,7,9,13H,5,12H2;1-5,8H;2*1H4;/q;;;;;;;-1. The molecule has 3 atom stereocenters. The summed E-state index contributed by atoms with van der Waals surface area (Å²) in [5.74, 6) is -2.68. The van der Waals surface area contributed by atoms with Crippen LogP contribution in [0.2, 0.25) is 0 Å². The Morgan fingerprint density at radius 3 is 1.39 bits per heavy atom. The van der Waals surface area contributed by atoms with Gasteiger partial charge in [-0.2, -0.15) is 52.0 Å². The number of aliphatic hydroxyl groups excluding tert-OH is 3. The van der Waals surface area contributed by atoms with Crippen LogP contribution in [0.25, 0.3) is 0 Å². The first-order chi connectivity index (χ1) is 45.2. The molecule has 42 heteroatoms. The predicted molar refractivity (Wildman–Crippen MR) is 417 cm³/mol. The van der Waals surface area contributed by atoms with Gasteiger partial charge >= 0.3 is 136 Å². The largest absolute Gasteiger partial charge is 0.434 e. The van der Waals surface area contributed by atoms with Crippen molar-refractivity contribution in [1.82, 2.24) is 0 Å². The number of benzene rings is 6. The summed E-state index contributed by atoms with van der Waals surface area (Å²) in [6, 6.07) is 32.4. The van der Waals surface area contributed by atoms with Crippen LogP contribution in [0.15, 0.2) is 152 Å². The molecule has 0 saturated heterocycles. The molecule has 6 aromatic rings. The molecular weight excluding hydrogens is 2390 g/mol. The summed E-state index contributed by atoms with van der Waals surface area (Å²) in [6.45, 7) is -10.9. The van der Waals surface area contributed by atoms with Gasteiger partial charge in [0.05, 0.1) is 35.8 Å². The van der Waals surface area contributed by atoms with Crippen LogP contribution in [0.5, 0.6) is 23.0 Å². The molecule has 546 valence electrons. The SMILES string of the molecule is C.C.CCOC(=O)C1=NS(=O)(=O)c2cc(I)ccc2N1.I[I-]I(I)I(I)I.NCC(O)c1ccccc1OC(F)F.O=C(CCC(O)c1ccccc1OC(F)F)C1=NS(=O)(=O)c2cc(I)ccc2N1.O=Cc1ccccc1OC(F)F.O=[N+]([O-])CC(O)c1ccccc1OC(F)F. The number of halogens is 17. The van der Waals surface area contributed by atoms with E-state index in [-0.39, 0.29) is 129 Å². The third kappa shape index (κ3) is 33.0. The normalized spacial score (nSPS) is 13.8. The van der Waals surface area contributed by atoms with Crippen LogP contribution in [0, 0.1) is 17.3 Å². The molecule has 0 saturated carbocycles. The van der Waals surface area contributed by atoms with E-state index in [1.807, 2.05) is 45.2 Å². The molecule has 2 aliphatic heterocycles. The van der Waals surface area contributed by atoms with E-state index in [9.17, 15) is 91.8 Å². The first-order valence-electron chi connectivity index (χ1n) is 25.9. The Kier molecular flexibility index (Phi) is 45.5. The van der Waals surface area contributed by atoms with Crippen molar-refractivity contribution in [2.45, 2.75) is 89.2 Å². The third-order valence-electron chi connectivity index (χ3n) is 11.2. The van der Waals surface area contributed by atoms with Crippen molar-refractivity contribution in [3.05, 3.63) is 173 Å². The number of ether oxygens (including phenoxy) is 5. The molecule has 2 heterocycles. The van der Waals surface area contributed by atoms with Crippen molar-refractivity contribution in [1.29, 1.82) is 0 Å². The van der Waals surface area contributed by atoms with Crippen LogP contribution >= 0.6 is 135 Å². The Labute approximate surface area is 640 Å². The van der Waals surface area contributed by atoms with Crippen LogP contribution in [0.1, 0.15) is 80.0 Å². The summed E-state index contributed by atoms with van der Waals surface area (Å²) in [5, 5.41) is 44.6. The van der Waals surface area contributed by atoms with Gasteiger partial charge in [-0.25, -0.2) is 4.79 Å². The summed E-state index contributed by atoms with van der Waals surface area (Å²) < 4.78 is 175. The minimum Gasteiger partial charge on any atom is -0.434 e. The molecule has 0 aliphatic carbocycles. The molecule has 3 unspecified atom stereocenters. The molecule has 2 aliphatic rings. The molecule has 0 bridgehead atoms. The fourth-order valence-corrected chi connectivity index (χ4v) is 220. The quantitative estimate of drug-likeness (QED) is 0.00866. The number of Topliss-reactive ketones (excluding diaryl/α,β-unsaturated/α-hetero) is 1. The van der Waals surface area contributed by atoms with E-state index in [2.05, 4.69) is 113 Å². The second-order valence-corrected chi connectivity index (χ2v) is 137. The monoisotopic (exact) mass is 2440 g/mol. The van der Waals surface area contributed by atoms with Crippen molar-refractivity contribution in [2.75, 3.05) is 30.3 Å². The van der Waals surface area contributed by atoms with Gasteiger partial charge in [0, 0.05) is 41.7 Å². The van der Waals surface area contributed by atoms with E-state index >= 15 is 0 Å². The molecule has 0 fully saturated rings. The van der Waals surface area contributed by atoms with E-state index in [1.165, 1.54) is 97.1 Å². The minimum absolute atomic E-state index is 0. The Balaban J connectivity index is 0.000000614. The zero-order valence-corrected chi connectivity index (χ0v) is 69.1. The number of nitrogens with two attached hydrogens (primary N) is 1.